The lowest BCUT2D eigenvalue weighted by Gasteiger charge is -2.32. The molecule has 0 aromatic heterocycles. The van der Waals surface area contributed by atoms with Crippen molar-refractivity contribution in [1.29, 1.82) is 0 Å². The topological polar surface area (TPSA) is 75.5 Å². The summed E-state index contributed by atoms with van der Waals surface area (Å²) in [6, 6.07) is 11.5. The number of anilines is 2. The van der Waals surface area contributed by atoms with Crippen molar-refractivity contribution in [3.8, 4) is 0 Å². The summed E-state index contributed by atoms with van der Waals surface area (Å²) < 4.78 is 0. The van der Waals surface area contributed by atoms with Crippen molar-refractivity contribution in [3.63, 3.8) is 0 Å². The zero-order valence-corrected chi connectivity index (χ0v) is 15.2. The number of hydrogen-bond acceptors (Lipinski definition) is 4. The maximum absolute atomic E-state index is 12.4. The van der Waals surface area contributed by atoms with Crippen LogP contribution in [0.25, 0.3) is 0 Å². The maximum atomic E-state index is 12.4. The second kappa shape index (κ2) is 7.74. The first kappa shape index (κ1) is 18.2. The quantitative estimate of drug-likeness (QED) is 0.620. The standard InChI is InChI=1S/C19H20ClN3O3/c1-13-8-10-22(11-9-13)16-5-3-15(4-6-16)21-19(24)17-12-14(20)2-7-18(17)23(25)26/h2-7,12-13H,8-11H2,1H3,(H,21,24). The van der Waals surface area contributed by atoms with Crippen LogP contribution in [0.15, 0.2) is 42.5 Å². The lowest BCUT2D eigenvalue weighted by atomic mass is 9.99. The number of nitro benzene ring substituents is 1. The number of carbonyl (C=O) groups is 1. The number of hydrogen-bond donors (Lipinski definition) is 1. The van der Waals surface area contributed by atoms with Crippen molar-refractivity contribution in [2.45, 2.75) is 19.8 Å². The van der Waals surface area contributed by atoms with Gasteiger partial charge in [0.25, 0.3) is 11.6 Å². The molecule has 136 valence electrons. The molecule has 2 aromatic carbocycles. The molecule has 1 saturated heterocycles. The summed E-state index contributed by atoms with van der Waals surface area (Å²) >= 11 is 5.88. The van der Waals surface area contributed by atoms with E-state index in [1.54, 1.807) is 0 Å². The maximum Gasteiger partial charge on any atom is 0.282 e. The van der Waals surface area contributed by atoms with Gasteiger partial charge in [-0.25, -0.2) is 0 Å². The van der Waals surface area contributed by atoms with Crippen molar-refractivity contribution in [1.82, 2.24) is 0 Å². The molecule has 26 heavy (non-hydrogen) atoms. The highest BCUT2D eigenvalue weighted by Gasteiger charge is 2.21. The van der Waals surface area contributed by atoms with Gasteiger partial charge in [0, 0.05) is 35.6 Å². The normalized spacial score (nSPS) is 14.9. The second-order valence-corrected chi connectivity index (χ2v) is 7.03. The van der Waals surface area contributed by atoms with Crippen LogP contribution in [-0.2, 0) is 0 Å². The molecule has 1 aliphatic rings. The van der Waals surface area contributed by atoms with E-state index in [4.69, 9.17) is 11.6 Å². The predicted molar refractivity (Wildman–Crippen MR) is 103 cm³/mol. The van der Waals surface area contributed by atoms with Gasteiger partial charge in [0.05, 0.1) is 4.92 Å². The van der Waals surface area contributed by atoms with Crippen LogP contribution in [0, 0.1) is 16.0 Å². The lowest BCUT2D eigenvalue weighted by Crippen LogP contribution is -2.32. The second-order valence-electron chi connectivity index (χ2n) is 6.59. The first-order valence-corrected chi connectivity index (χ1v) is 8.92. The average molecular weight is 374 g/mol. The van der Waals surface area contributed by atoms with Gasteiger partial charge in [0.15, 0.2) is 0 Å². The summed E-state index contributed by atoms with van der Waals surface area (Å²) in [5.41, 5.74) is 1.37. The molecule has 0 saturated carbocycles. The Hall–Kier alpha value is -2.60. The Morgan fingerprint density at radius 2 is 1.85 bits per heavy atom. The lowest BCUT2D eigenvalue weighted by molar-refractivity contribution is -0.385. The Morgan fingerprint density at radius 3 is 2.46 bits per heavy atom. The van der Waals surface area contributed by atoms with E-state index in [9.17, 15) is 14.9 Å². The van der Waals surface area contributed by atoms with Gasteiger partial charge in [-0.1, -0.05) is 18.5 Å². The summed E-state index contributed by atoms with van der Waals surface area (Å²) in [6.45, 7) is 4.33. The van der Waals surface area contributed by atoms with Gasteiger partial charge < -0.3 is 10.2 Å². The molecular formula is C19H20ClN3O3. The molecule has 0 unspecified atom stereocenters. The molecule has 0 spiro atoms. The van der Waals surface area contributed by atoms with Crippen LogP contribution in [0.3, 0.4) is 0 Å². The van der Waals surface area contributed by atoms with E-state index in [1.165, 1.54) is 31.0 Å². The summed E-state index contributed by atoms with van der Waals surface area (Å²) in [5.74, 6) is 0.206. The molecular weight excluding hydrogens is 354 g/mol. The highest BCUT2D eigenvalue weighted by molar-refractivity contribution is 6.31. The first-order valence-electron chi connectivity index (χ1n) is 8.54. The van der Waals surface area contributed by atoms with E-state index < -0.39 is 10.8 Å². The zero-order chi connectivity index (χ0) is 18.7. The fourth-order valence-electron chi connectivity index (χ4n) is 3.07. The van der Waals surface area contributed by atoms with Gasteiger partial charge in [-0.2, -0.15) is 0 Å². The van der Waals surface area contributed by atoms with E-state index in [1.807, 2.05) is 24.3 Å². The van der Waals surface area contributed by atoms with Crippen LogP contribution < -0.4 is 10.2 Å². The van der Waals surface area contributed by atoms with Crippen molar-refractivity contribution >= 4 is 34.6 Å². The molecule has 0 aliphatic carbocycles. The minimum absolute atomic E-state index is 0.0587. The Labute approximate surface area is 156 Å². The predicted octanol–water partition coefficient (Wildman–Crippen LogP) is 4.74. The minimum atomic E-state index is -0.592. The molecule has 0 atom stereocenters. The fourth-order valence-corrected chi connectivity index (χ4v) is 3.24. The van der Waals surface area contributed by atoms with Crippen LogP contribution in [0.1, 0.15) is 30.1 Å². The third kappa shape index (κ3) is 4.14. The first-order chi connectivity index (χ1) is 12.4. The molecule has 1 heterocycles. The van der Waals surface area contributed by atoms with Crippen LogP contribution in [0.4, 0.5) is 17.1 Å². The molecule has 0 bridgehead atoms. The Balaban J connectivity index is 1.72. The van der Waals surface area contributed by atoms with Crippen molar-refractivity contribution in [2.75, 3.05) is 23.3 Å². The fraction of sp³-hybridized carbons (Fsp3) is 0.316. The van der Waals surface area contributed by atoms with Crippen molar-refractivity contribution in [2.24, 2.45) is 5.92 Å². The number of rotatable bonds is 4. The van der Waals surface area contributed by atoms with Crippen LogP contribution in [-0.4, -0.2) is 23.9 Å². The number of piperidine rings is 1. The van der Waals surface area contributed by atoms with Crippen molar-refractivity contribution < 1.29 is 9.72 Å². The molecule has 1 amide bonds. The van der Waals surface area contributed by atoms with E-state index >= 15 is 0 Å². The van der Waals surface area contributed by atoms with Crippen LogP contribution in [0.2, 0.25) is 5.02 Å². The molecule has 7 heteroatoms. The number of nitrogens with zero attached hydrogens (tertiary/aromatic N) is 2. The number of carbonyl (C=O) groups excluding carboxylic acids is 1. The minimum Gasteiger partial charge on any atom is -0.372 e. The van der Waals surface area contributed by atoms with Gasteiger partial charge in [-0.15, -0.1) is 0 Å². The Morgan fingerprint density at radius 1 is 1.19 bits per heavy atom. The van der Waals surface area contributed by atoms with Crippen LogP contribution >= 0.6 is 11.6 Å². The molecule has 1 fully saturated rings. The van der Waals surface area contributed by atoms with E-state index in [-0.39, 0.29) is 16.3 Å². The number of nitrogens with one attached hydrogen (secondary N) is 1. The van der Waals surface area contributed by atoms with Gasteiger partial charge in [-0.05, 0) is 55.2 Å². The SMILES string of the molecule is CC1CCN(c2ccc(NC(=O)c3cc(Cl)ccc3[N+](=O)[O-])cc2)CC1. The number of halogens is 1. The number of nitro groups is 1. The van der Waals surface area contributed by atoms with Gasteiger partial charge >= 0.3 is 0 Å². The van der Waals surface area contributed by atoms with Gasteiger partial charge in [0.1, 0.15) is 5.56 Å². The monoisotopic (exact) mass is 373 g/mol. The number of amides is 1. The Kier molecular flexibility index (Phi) is 5.42. The van der Waals surface area contributed by atoms with Crippen molar-refractivity contribution in [3.05, 3.63) is 63.2 Å². The van der Waals surface area contributed by atoms with Gasteiger partial charge in [-0.3, -0.25) is 14.9 Å². The summed E-state index contributed by atoms with van der Waals surface area (Å²) in [7, 11) is 0. The van der Waals surface area contributed by atoms with Crippen LogP contribution in [0.5, 0.6) is 0 Å². The average Bonchev–Trinajstić information content (AvgIpc) is 2.62. The highest BCUT2D eigenvalue weighted by atomic mass is 35.5. The smallest absolute Gasteiger partial charge is 0.282 e. The third-order valence-corrected chi connectivity index (χ3v) is 4.91. The molecule has 1 aliphatic heterocycles. The van der Waals surface area contributed by atoms with Gasteiger partial charge in [0.2, 0.25) is 0 Å². The van der Waals surface area contributed by atoms with E-state index in [2.05, 4.69) is 17.1 Å². The van der Waals surface area contributed by atoms with E-state index in [0.29, 0.717) is 5.69 Å². The molecule has 0 radical (unpaired) electrons. The molecule has 6 nitrogen and oxygen atoms in total. The highest BCUT2D eigenvalue weighted by Crippen LogP contribution is 2.26. The Bertz CT molecular complexity index is 815. The van der Waals surface area contributed by atoms with E-state index in [0.717, 1.165) is 24.7 Å². The summed E-state index contributed by atoms with van der Waals surface area (Å²) in [5, 5.41) is 14.1. The summed E-state index contributed by atoms with van der Waals surface area (Å²) in [6.07, 6.45) is 2.36. The molecule has 3 rings (SSSR count). The largest absolute Gasteiger partial charge is 0.372 e. The summed E-state index contributed by atoms with van der Waals surface area (Å²) in [4.78, 5) is 25.3. The molecule has 1 N–H and O–H groups in total. The zero-order valence-electron chi connectivity index (χ0n) is 14.4. The molecule has 2 aromatic rings. The third-order valence-electron chi connectivity index (χ3n) is 4.67. The number of benzene rings is 2.